The van der Waals surface area contributed by atoms with Gasteiger partial charge in [0.2, 0.25) is 0 Å². The Morgan fingerprint density at radius 1 is 1.33 bits per heavy atom. The molecule has 3 rings (SSSR count). The fourth-order valence-corrected chi connectivity index (χ4v) is 3.10. The van der Waals surface area contributed by atoms with Gasteiger partial charge in [0, 0.05) is 22.2 Å². The first kappa shape index (κ1) is 13.9. The van der Waals surface area contributed by atoms with E-state index in [0.29, 0.717) is 6.42 Å². The third-order valence-electron chi connectivity index (χ3n) is 3.28. The highest BCUT2D eigenvalue weighted by molar-refractivity contribution is 7.10. The van der Waals surface area contributed by atoms with Crippen molar-refractivity contribution in [3.05, 3.63) is 52.0 Å². The van der Waals surface area contributed by atoms with Crippen LogP contribution in [0.2, 0.25) is 0 Å². The van der Waals surface area contributed by atoms with Gasteiger partial charge in [-0.3, -0.25) is 0 Å². The minimum Gasteiger partial charge on any atom is -0.395 e. The van der Waals surface area contributed by atoms with Crippen molar-refractivity contribution in [1.82, 2.24) is 9.55 Å². The number of imidazole rings is 1. The maximum Gasteiger partial charge on any atom is 0.107 e. The van der Waals surface area contributed by atoms with Crippen LogP contribution in [-0.2, 0) is 6.54 Å². The monoisotopic (exact) mass is 296 g/mol. The zero-order valence-corrected chi connectivity index (χ0v) is 12.7. The predicted octanol–water partition coefficient (Wildman–Crippen LogP) is 3.19. The summed E-state index contributed by atoms with van der Waals surface area (Å²) in [5, 5.41) is 10.8. The van der Waals surface area contributed by atoms with Crippen molar-refractivity contribution < 1.29 is 5.11 Å². The molecule has 3 aromatic rings. The van der Waals surface area contributed by atoms with Crippen molar-refractivity contribution in [3.63, 3.8) is 0 Å². The number of aliphatic hydroxyl groups is 1. The normalized spacial score (nSPS) is 10.6. The Morgan fingerprint density at radius 3 is 3.05 bits per heavy atom. The average Bonchev–Trinajstić information content (AvgIpc) is 3.05. The molecule has 106 valence electrons. The number of aromatic nitrogens is 2. The summed E-state index contributed by atoms with van der Waals surface area (Å²) < 4.78 is 2.23. The van der Waals surface area contributed by atoms with Gasteiger partial charge in [0.1, 0.15) is 5.82 Å². The lowest BCUT2D eigenvalue weighted by molar-refractivity contribution is 0.305. The van der Waals surface area contributed by atoms with Crippen LogP contribution >= 0.6 is 11.3 Å². The van der Waals surface area contributed by atoms with E-state index in [2.05, 4.69) is 38.9 Å². The van der Waals surface area contributed by atoms with Gasteiger partial charge in [0.05, 0.1) is 24.2 Å². The molecular formula is C17H16N2OS. The summed E-state index contributed by atoms with van der Waals surface area (Å²) in [6, 6.07) is 10.3. The van der Waals surface area contributed by atoms with Crippen LogP contribution in [0.5, 0.6) is 0 Å². The van der Waals surface area contributed by atoms with E-state index in [4.69, 9.17) is 5.11 Å². The molecule has 21 heavy (non-hydrogen) atoms. The molecule has 0 saturated carbocycles. The standard InChI is InChI=1S/C17H16N2OS/c1-13-18-16-7-2-3-8-17(16)19(13)11-15-10-14(12-21-15)6-4-5-9-20/h2-3,7-8,10,12,20H,5,9,11H2,1H3. The van der Waals surface area contributed by atoms with E-state index in [-0.39, 0.29) is 6.61 Å². The van der Waals surface area contributed by atoms with Crippen molar-refractivity contribution in [2.45, 2.75) is 19.9 Å². The summed E-state index contributed by atoms with van der Waals surface area (Å²) in [4.78, 5) is 5.85. The number of hydrogen-bond donors (Lipinski definition) is 1. The van der Waals surface area contributed by atoms with Gasteiger partial charge >= 0.3 is 0 Å². The number of para-hydroxylation sites is 2. The van der Waals surface area contributed by atoms with E-state index in [1.165, 1.54) is 4.88 Å². The van der Waals surface area contributed by atoms with Crippen molar-refractivity contribution in [2.75, 3.05) is 6.61 Å². The molecule has 2 aromatic heterocycles. The molecule has 0 atom stereocenters. The topological polar surface area (TPSA) is 38.0 Å². The molecule has 0 unspecified atom stereocenters. The number of aryl methyl sites for hydroxylation is 1. The SMILES string of the molecule is Cc1nc2ccccc2n1Cc1cc(C#CCCO)cs1. The van der Waals surface area contributed by atoms with Crippen LogP contribution in [0.15, 0.2) is 35.7 Å². The molecule has 2 heterocycles. The second-order valence-corrected chi connectivity index (χ2v) is 5.81. The maximum absolute atomic E-state index is 8.74. The Labute approximate surface area is 127 Å². The van der Waals surface area contributed by atoms with E-state index in [1.807, 2.05) is 25.1 Å². The zero-order chi connectivity index (χ0) is 14.7. The van der Waals surface area contributed by atoms with Crippen LogP contribution in [0.4, 0.5) is 0 Å². The highest BCUT2D eigenvalue weighted by atomic mass is 32.1. The van der Waals surface area contributed by atoms with Crippen LogP contribution < -0.4 is 0 Å². The number of benzene rings is 1. The Balaban J connectivity index is 1.86. The van der Waals surface area contributed by atoms with Gasteiger partial charge < -0.3 is 9.67 Å². The summed E-state index contributed by atoms with van der Waals surface area (Å²) in [6.07, 6.45) is 0.524. The molecule has 4 heteroatoms. The molecular weight excluding hydrogens is 280 g/mol. The van der Waals surface area contributed by atoms with Gasteiger partial charge in [-0.1, -0.05) is 24.0 Å². The van der Waals surface area contributed by atoms with Crippen molar-refractivity contribution in [3.8, 4) is 11.8 Å². The minimum atomic E-state index is 0.115. The summed E-state index contributed by atoms with van der Waals surface area (Å²) in [5.41, 5.74) is 3.22. The third-order valence-corrected chi connectivity index (χ3v) is 4.20. The molecule has 0 saturated heterocycles. The number of aliphatic hydroxyl groups excluding tert-OH is 1. The van der Waals surface area contributed by atoms with Gasteiger partial charge in [-0.05, 0) is 25.1 Å². The van der Waals surface area contributed by atoms with Crippen molar-refractivity contribution in [2.24, 2.45) is 0 Å². The van der Waals surface area contributed by atoms with Crippen LogP contribution in [0, 0.1) is 18.8 Å². The second kappa shape index (κ2) is 6.13. The Morgan fingerprint density at radius 2 is 2.19 bits per heavy atom. The van der Waals surface area contributed by atoms with Crippen LogP contribution in [0.25, 0.3) is 11.0 Å². The average molecular weight is 296 g/mol. The van der Waals surface area contributed by atoms with E-state index in [0.717, 1.165) is 29.0 Å². The quantitative estimate of drug-likeness (QED) is 0.754. The zero-order valence-electron chi connectivity index (χ0n) is 11.8. The van der Waals surface area contributed by atoms with Gasteiger partial charge in [-0.2, -0.15) is 0 Å². The maximum atomic E-state index is 8.74. The molecule has 0 aliphatic rings. The lowest BCUT2D eigenvalue weighted by Gasteiger charge is -2.04. The van der Waals surface area contributed by atoms with Crippen molar-refractivity contribution in [1.29, 1.82) is 0 Å². The van der Waals surface area contributed by atoms with Gasteiger partial charge in [-0.15, -0.1) is 11.3 Å². The first-order valence-electron chi connectivity index (χ1n) is 6.87. The molecule has 0 bridgehead atoms. The lowest BCUT2D eigenvalue weighted by Crippen LogP contribution is -2.00. The molecule has 0 spiro atoms. The molecule has 0 radical (unpaired) electrons. The van der Waals surface area contributed by atoms with E-state index < -0.39 is 0 Å². The lowest BCUT2D eigenvalue weighted by atomic mass is 10.3. The van der Waals surface area contributed by atoms with E-state index in [1.54, 1.807) is 11.3 Å². The molecule has 0 aliphatic carbocycles. The van der Waals surface area contributed by atoms with Crippen LogP contribution in [0.1, 0.15) is 22.7 Å². The van der Waals surface area contributed by atoms with Gasteiger partial charge in [-0.25, -0.2) is 4.98 Å². The molecule has 1 N–H and O–H groups in total. The first-order chi connectivity index (χ1) is 10.3. The highest BCUT2D eigenvalue weighted by Gasteiger charge is 2.08. The number of rotatable bonds is 3. The fraction of sp³-hybridized carbons (Fsp3) is 0.235. The van der Waals surface area contributed by atoms with E-state index >= 15 is 0 Å². The first-order valence-corrected chi connectivity index (χ1v) is 7.75. The smallest absolute Gasteiger partial charge is 0.107 e. The third kappa shape index (κ3) is 2.99. The Kier molecular flexibility index (Phi) is 4.05. The van der Waals surface area contributed by atoms with E-state index in [9.17, 15) is 0 Å². The molecule has 3 nitrogen and oxygen atoms in total. The predicted molar refractivity (Wildman–Crippen MR) is 86.5 cm³/mol. The van der Waals surface area contributed by atoms with Crippen LogP contribution in [0.3, 0.4) is 0 Å². The van der Waals surface area contributed by atoms with Crippen molar-refractivity contribution >= 4 is 22.4 Å². The fourth-order valence-electron chi connectivity index (χ4n) is 2.30. The van der Waals surface area contributed by atoms with Crippen LogP contribution in [-0.4, -0.2) is 21.3 Å². The Hall–Kier alpha value is -2.09. The summed E-state index contributed by atoms with van der Waals surface area (Å²) in [6.45, 7) is 2.97. The summed E-state index contributed by atoms with van der Waals surface area (Å²) in [7, 11) is 0. The summed E-state index contributed by atoms with van der Waals surface area (Å²) >= 11 is 1.71. The largest absolute Gasteiger partial charge is 0.395 e. The van der Waals surface area contributed by atoms with Gasteiger partial charge in [0.15, 0.2) is 0 Å². The molecule has 0 aliphatic heterocycles. The molecule has 1 aromatic carbocycles. The number of nitrogens with zero attached hydrogens (tertiary/aromatic N) is 2. The Bertz CT molecular complexity index is 820. The number of hydrogen-bond acceptors (Lipinski definition) is 3. The minimum absolute atomic E-state index is 0.115. The van der Waals surface area contributed by atoms with Gasteiger partial charge in [0.25, 0.3) is 0 Å². The summed E-state index contributed by atoms with van der Waals surface area (Å²) in [5.74, 6) is 7.05. The highest BCUT2D eigenvalue weighted by Crippen LogP contribution is 2.20. The number of thiophene rings is 1. The number of fused-ring (bicyclic) bond motifs is 1. The molecule has 0 fully saturated rings. The second-order valence-electron chi connectivity index (χ2n) is 4.81. The molecule has 0 amide bonds.